The molecule has 0 aliphatic carbocycles. The Labute approximate surface area is 226 Å². The maximum atomic E-state index is 16.5. The third kappa shape index (κ3) is 3.71. The van der Waals surface area contributed by atoms with Crippen molar-refractivity contribution in [1.82, 2.24) is 35.4 Å². The molecule has 0 saturated carbocycles. The molecule has 9 nitrogen and oxygen atoms in total. The highest BCUT2D eigenvalue weighted by atomic mass is 19.1. The molecule has 0 spiro atoms. The van der Waals surface area contributed by atoms with E-state index in [1.807, 2.05) is 19.1 Å². The van der Waals surface area contributed by atoms with Crippen LogP contribution in [0.2, 0.25) is 0 Å². The summed E-state index contributed by atoms with van der Waals surface area (Å²) in [5.41, 5.74) is 3.10. The van der Waals surface area contributed by atoms with Gasteiger partial charge in [-0.3, -0.25) is 15.0 Å². The Morgan fingerprint density at radius 3 is 2.64 bits per heavy atom. The smallest absolute Gasteiger partial charge is 0.319 e. The van der Waals surface area contributed by atoms with Crippen LogP contribution in [0.25, 0.3) is 33.1 Å². The van der Waals surface area contributed by atoms with E-state index in [1.54, 1.807) is 12.4 Å². The molecule has 2 atom stereocenters. The standard InChI is InChI=1S/C29H33FN8O/c1-17-4-7-22-20(13-32-36-22)23(17)26-24(30)25-21(12-31-26)27(37-14-18-5-6-19(15-37)33-18)35-28(34-25)39-16-29-8-2-10-38(29)11-3-9-29/h4,7,12-13,18-19,33H,2-3,5-6,8-11,14-16H2,1H3,(H,32,36)/t18-,19+. The number of aromatic nitrogens is 5. The number of aryl methyl sites for hydroxylation is 1. The topological polar surface area (TPSA) is 95.1 Å². The van der Waals surface area contributed by atoms with Crippen molar-refractivity contribution < 1.29 is 9.13 Å². The van der Waals surface area contributed by atoms with Gasteiger partial charge in [0, 0.05) is 42.3 Å². The van der Waals surface area contributed by atoms with E-state index in [1.165, 1.54) is 12.8 Å². The minimum Gasteiger partial charge on any atom is -0.461 e. The molecular formula is C29H33FN8O. The van der Waals surface area contributed by atoms with Crippen molar-refractivity contribution >= 4 is 27.6 Å². The van der Waals surface area contributed by atoms with Gasteiger partial charge in [-0.25, -0.2) is 4.39 Å². The first-order valence-electron chi connectivity index (χ1n) is 14.3. The van der Waals surface area contributed by atoms with Gasteiger partial charge in [-0.1, -0.05) is 6.07 Å². The highest BCUT2D eigenvalue weighted by Gasteiger charge is 2.45. The first-order valence-corrected chi connectivity index (χ1v) is 14.3. The molecular weight excluding hydrogens is 495 g/mol. The van der Waals surface area contributed by atoms with E-state index in [0.717, 1.165) is 79.7 Å². The summed E-state index contributed by atoms with van der Waals surface area (Å²) < 4.78 is 22.9. The van der Waals surface area contributed by atoms with E-state index < -0.39 is 5.82 Å². The number of nitrogens with zero attached hydrogens (tertiary/aromatic N) is 6. The van der Waals surface area contributed by atoms with Crippen molar-refractivity contribution in [3.63, 3.8) is 0 Å². The Morgan fingerprint density at radius 1 is 1.05 bits per heavy atom. The number of hydrogen-bond donors (Lipinski definition) is 2. The van der Waals surface area contributed by atoms with Crippen molar-refractivity contribution in [1.29, 1.82) is 0 Å². The number of fused-ring (bicyclic) bond motifs is 5. The largest absolute Gasteiger partial charge is 0.461 e. The first kappa shape index (κ1) is 23.5. The number of anilines is 1. The van der Waals surface area contributed by atoms with Crippen molar-refractivity contribution in [3.8, 4) is 17.3 Å². The molecule has 4 fully saturated rings. The monoisotopic (exact) mass is 528 g/mol. The fraction of sp³-hybridized carbons (Fsp3) is 0.517. The number of aromatic amines is 1. The van der Waals surface area contributed by atoms with Crippen molar-refractivity contribution in [2.75, 3.05) is 37.7 Å². The summed E-state index contributed by atoms with van der Waals surface area (Å²) in [6, 6.07) is 5.01. The van der Waals surface area contributed by atoms with Crippen LogP contribution in [-0.2, 0) is 0 Å². The molecule has 2 N–H and O–H groups in total. The third-order valence-electron chi connectivity index (χ3n) is 9.51. The van der Waals surface area contributed by atoms with E-state index >= 15 is 4.39 Å². The van der Waals surface area contributed by atoms with Crippen LogP contribution in [0.1, 0.15) is 44.1 Å². The average molecular weight is 529 g/mol. The van der Waals surface area contributed by atoms with Crippen LogP contribution in [-0.4, -0.2) is 80.5 Å². The van der Waals surface area contributed by atoms with E-state index in [4.69, 9.17) is 14.7 Å². The lowest BCUT2D eigenvalue weighted by Gasteiger charge is -2.34. The number of nitrogens with one attached hydrogen (secondary N) is 2. The van der Waals surface area contributed by atoms with Crippen LogP contribution in [0.3, 0.4) is 0 Å². The van der Waals surface area contributed by atoms with E-state index in [9.17, 15) is 0 Å². The molecule has 10 heteroatoms. The molecule has 4 aliphatic rings. The molecule has 0 unspecified atom stereocenters. The first-order chi connectivity index (χ1) is 19.1. The molecule has 202 valence electrons. The predicted molar refractivity (Wildman–Crippen MR) is 148 cm³/mol. The van der Waals surface area contributed by atoms with Crippen LogP contribution >= 0.6 is 0 Å². The van der Waals surface area contributed by atoms with Gasteiger partial charge in [0.05, 0.1) is 22.6 Å². The Hall–Kier alpha value is -3.37. The maximum absolute atomic E-state index is 16.5. The van der Waals surface area contributed by atoms with Crippen LogP contribution < -0.4 is 15.0 Å². The summed E-state index contributed by atoms with van der Waals surface area (Å²) in [5, 5.41) is 12.3. The molecule has 4 saturated heterocycles. The maximum Gasteiger partial charge on any atom is 0.319 e. The Kier molecular flexibility index (Phi) is 5.32. The lowest BCUT2D eigenvalue weighted by atomic mass is 9.95. The Morgan fingerprint density at radius 2 is 1.85 bits per heavy atom. The zero-order valence-electron chi connectivity index (χ0n) is 22.2. The molecule has 0 amide bonds. The fourth-order valence-corrected chi connectivity index (χ4v) is 7.57. The zero-order chi connectivity index (χ0) is 26.1. The molecule has 2 bridgehead atoms. The average Bonchev–Trinajstić information content (AvgIpc) is 3.72. The summed E-state index contributed by atoms with van der Waals surface area (Å²) in [7, 11) is 0. The van der Waals surface area contributed by atoms with Gasteiger partial charge < -0.3 is 15.0 Å². The summed E-state index contributed by atoms with van der Waals surface area (Å²) in [5.74, 6) is 0.272. The number of piperazine rings is 1. The normalized spacial score (nSPS) is 24.2. The van der Waals surface area contributed by atoms with Gasteiger partial charge in [0.1, 0.15) is 23.6 Å². The number of rotatable bonds is 5. The van der Waals surface area contributed by atoms with E-state index in [2.05, 4.69) is 30.3 Å². The third-order valence-corrected chi connectivity index (χ3v) is 9.51. The second-order valence-electron chi connectivity index (χ2n) is 11.9. The van der Waals surface area contributed by atoms with Gasteiger partial charge >= 0.3 is 6.01 Å². The molecule has 39 heavy (non-hydrogen) atoms. The van der Waals surface area contributed by atoms with Crippen LogP contribution in [0.5, 0.6) is 6.01 Å². The van der Waals surface area contributed by atoms with Gasteiger partial charge in [-0.2, -0.15) is 15.1 Å². The Bertz CT molecular complexity index is 1560. The van der Waals surface area contributed by atoms with Gasteiger partial charge in [-0.15, -0.1) is 0 Å². The summed E-state index contributed by atoms with van der Waals surface area (Å²) in [4.78, 5) is 19.1. The lowest BCUT2D eigenvalue weighted by molar-refractivity contribution is 0.108. The Balaban J connectivity index is 1.25. The molecule has 4 aliphatic heterocycles. The van der Waals surface area contributed by atoms with Gasteiger partial charge in [0.25, 0.3) is 0 Å². The van der Waals surface area contributed by atoms with E-state index in [0.29, 0.717) is 24.1 Å². The molecule has 7 heterocycles. The number of H-pyrrole nitrogens is 1. The number of pyridine rings is 1. The number of hydrogen-bond acceptors (Lipinski definition) is 8. The summed E-state index contributed by atoms with van der Waals surface area (Å²) in [6.45, 7) is 6.42. The van der Waals surface area contributed by atoms with Crippen molar-refractivity contribution in [2.24, 2.45) is 0 Å². The number of halogens is 1. The minimum absolute atomic E-state index is 0.0582. The molecule has 8 rings (SSSR count). The fourth-order valence-electron chi connectivity index (χ4n) is 7.57. The van der Waals surface area contributed by atoms with E-state index in [-0.39, 0.29) is 22.8 Å². The van der Waals surface area contributed by atoms with Crippen LogP contribution in [0.15, 0.2) is 24.5 Å². The summed E-state index contributed by atoms with van der Waals surface area (Å²) in [6.07, 6.45) is 10.4. The number of ether oxygens (including phenoxy) is 1. The SMILES string of the molecule is Cc1ccc2[nH]ncc2c1-c1ncc2c(N3C[C@H]4CC[C@@H](C3)N4)nc(OCC34CCCN3CCC4)nc2c1F. The zero-order valence-corrected chi connectivity index (χ0v) is 22.2. The molecule has 4 aromatic rings. The highest BCUT2D eigenvalue weighted by Crippen LogP contribution is 2.40. The van der Waals surface area contributed by atoms with Crippen LogP contribution in [0, 0.1) is 12.7 Å². The highest BCUT2D eigenvalue weighted by molar-refractivity contribution is 5.98. The molecule has 3 aromatic heterocycles. The molecule has 1 aromatic carbocycles. The predicted octanol–water partition coefficient (Wildman–Crippen LogP) is 3.96. The quantitative estimate of drug-likeness (QED) is 0.402. The van der Waals surface area contributed by atoms with Gasteiger partial charge in [0.15, 0.2) is 5.82 Å². The van der Waals surface area contributed by atoms with Gasteiger partial charge in [-0.05, 0) is 70.2 Å². The second-order valence-corrected chi connectivity index (χ2v) is 11.9. The molecule has 0 radical (unpaired) electrons. The minimum atomic E-state index is -0.447. The lowest BCUT2D eigenvalue weighted by Crippen LogP contribution is -2.51. The number of benzene rings is 1. The van der Waals surface area contributed by atoms with Crippen LogP contribution in [0.4, 0.5) is 10.2 Å². The van der Waals surface area contributed by atoms with Crippen molar-refractivity contribution in [3.05, 3.63) is 35.9 Å². The second kappa shape index (κ2) is 8.82. The van der Waals surface area contributed by atoms with Crippen molar-refractivity contribution in [2.45, 2.75) is 63.1 Å². The van der Waals surface area contributed by atoms with Gasteiger partial charge in [0.2, 0.25) is 0 Å². The summed E-state index contributed by atoms with van der Waals surface area (Å²) >= 11 is 0.